The van der Waals surface area contributed by atoms with Crippen molar-refractivity contribution in [2.24, 2.45) is 4.99 Å². The topological polar surface area (TPSA) is 44.7 Å². The molecule has 0 aromatic heterocycles. The highest BCUT2D eigenvalue weighted by Gasteiger charge is 2.27. The third-order valence-corrected chi connectivity index (χ3v) is 4.55. The van der Waals surface area contributed by atoms with Crippen LogP contribution in [0.15, 0.2) is 46.7 Å². The number of halogens is 1. The maximum Gasteiger partial charge on any atom is 0.260 e. The van der Waals surface area contributed by atoms with Crippen molar-refractivity contribution >= 4 is 29.4 Å². The summed E-state index contributed by atoms with van der Waals surface area (Å²) < 4.78 is 0. The van der Waals surface area contributed by atoms with Gasteiger partial charge in [-0.05, 0) is 55.5 Å². The largest absolute Gasteiger partial charge is 0.385 e. The quantitative estimate of drug-likeness (QED) is 0.865. The van der Waals surface area contributed by atoms with E-state index in [2.05, 4.69) is 23.3 Å². The third-order valence-electron chi connectivity index (χ3n) is 4.24. The Morgan fingerprint density at radius 2 is 2.29 bits per heavy atom. The summed E-state index contributed by atoms with van der Waals surface area (Å²) >= 11 is 6.38. The van der Waals surface area contributed by atoms with Gasteiger partial charge in [-0.2, -0.15) is 0 Å². The van der Waals surface area contributed by atoms with Gasteiger partial charge < -0.3 is 5.32 Å². The smallest absolute Gasteiger partial charge is 0.260 e. The number of rotatable bonds is 4. The Morgan fingerprint density at radius 3 is 3.08 bits per heavy atom. The molecule has 2 aliphatic rings. The number of benzene rings is 1. The van der Waals surface area contributed by atoms with Gasteiger partial charge in [-0.25, -0.2) is 4.99 Å². The molecule has 0 bridgehead atoms. The lowest BCUT2D eigenvalue weighted by atomic mass is 10.0. The van der Waals surface area contributed by atoms with Crippen molar-refractivity contribution in [3.8, 4) is 0 Å². The molecule has 4 nitrogen and oxygen atoms in total. The molecule has 24 heavy (non-hydrogen) atoms. The molecule has 5 heteroatoms. The second-order valence-electron chi connectivity index (χ2n) is 6.02. The fourth-order valence-electron chi connectivity index (χ4n) is 3.01. The molecule has 0 atom stereocenters. The molecule has 1 aromatic carbocycles. The third kappa shape index (κ3) is 3.54. The summed E-state index contributed by atoms with van der Waals surface area (Å²) in [5, 5.41) is 3.76. The molecule has 0 fully saturated rings. The molecule has 1 aromatic rings. The second kappa shape index (κ2) is 7.67. The highest BCUT2D eigenvalue weighted by molar-refractivity contribution is 6.34. The van der Waals surface area contributed by atoms with E-state index in [4.69, 9.17) is 11.6 Å². The monoisotopic (exact) mass is 343 g/mol. The van der Waals surface area contributed by atoms with Gasteiger partial charge >= 0.3 is 0 Å². The van der Waals surface area contributed by atoms with E-state index in [-0.39, 0.29) is 5.91 Å². The Labute approximate surface area is 147 Å². The normalized spacial score (nSPS) is 16.8. The van der Waals surface area contributed by atoms with Crippen LogP contribution in [-0.4, -0.2) is 30.1 Å². The van der Waals surface area contributed by atoms with E-state index < -0.39 is 0 Å². The molecular formula is C19H22ClN3O. The molecule has 2 heterocycles. The summed E-state index contributed by atoms with van der Waals surface area (Å²) in [6.07, 6.45) is 9.62. The van der Waals surface area contributed by atoms with Crippen LogP contribution in [0.25, 0.3) is 0 Å². The Hall–Kier alpha value is -2.07. The molecule has 3 rings (SSSR count). The number of nitrogens with one attached hydrogen (secondary N) is 1. The van der Waals surface area contributed by atoms with Gasteiger partial charge in [0.15, 0.2) is 0 Å². The maximum atomic E-state index is 13.0. The van der Waals surface area contributed by atoms with Crippen LogP contribution in [0.4, 0.5) is 5.69 Å². The summed E-state index contributed by atoms with van der Waals surface area (Å²) in [6.45, 7) is 3.67. The lowest BCUT2D eigenvalue weighted by Gasteiger charge is -2.29. The van der Waals surface area contributed by atoms with Gasteiger partial charge in [-0.3, -0.25) is 9.69 Å². The molecule has 0 radical (unpaired) electrons. The van der Waals surface area contributed by atoms with Crippen molar-refractivity contribution in [1.82, 2.24) is 4.90 Å². The fourth-order valence-corrected chi connectivity index (χ4v) is 3.27. The fraction of sp³-hybridized carbons (Fsp3) is 0.368. The van der Waals surface area contributed by atoms with Crippen LogP contribution in [0.2, 0.25) is 5.02 Å². The molecule has 1 N–H and O–H groups in total. The number of hydrogen-bond donors (Lipinski definition) is 1. The average Bonchev–Trinajstić information content (AvgIpc) is 2.84. The first-order valence-corrected chi connectivity index (χ1v) is 8.85. The van der Waals surface area contributed by atoms with E-state index in [0.717, 1.165) is 43.7 Å². The van der Waals surface area contributed by atoms with Crippen molar-refractivity contribution in [3.05, 3.63) is 52.3 Å². The number of aliphatic imine (C=N–C) groups is 1. The standard InChI is InChI=1S/C19H22ClN3O/c1-2-10-21-15-8-9-16(17(20)13-15)19(24)23-12-5-7-14-6-3-4-11-22-18(14)23/h3-4,8-9,11,13,21H,2,5-7,10,12H2,1H3. The predicted octanol–water partition coefficient (Wildman–Crippen LogP) is 4.64. The average molecular weight is 344 g/mol. The predicted molar refractivity (Wildman–Crippen MR) is 99.8 cm³/mol. The summed E-state index contributed by atoms with van der Waals surface area (Å²) in [5.74, 6) is 0.716. The van der Waals surface area contributed by atoms with Crippen LogP contribution < -0.4 is 5.32 Å². The van der Waals surface area contributed by atoms with Crippen molar-refractivity contribution in [2.75, 3.05) is 18.4 Å². The van der Waals surface area contributed by atoms with Crippen molar-refractivity contribution < 1.29 is 4.79 Å². The molecule has 1 amide bonds. The van der Waals surface area contributed by atoms with E-state index in [0.29, 0.717) is 17.1 Å². The lowest BCUT2D eigenvalue weighted by Crippen LogP contribution is -2.34. The Balaban J connectivity index is 1.86. The summed E-state index contributed by atoms with van der Waals surface area (Å²) in [6, 6.07) is 5.53. The number of hydrogen-bond acceptors (Lipinski definition) is 3. The van der Waals surface area contributed by atoms with E-state index in [1.165, 1.54) is 5.57 Å². The minimum absolute atomic E-state index is 0.0757. The number of nitrogens with zero attached hydrogens (tertiary/aromatic N) is 2. The van der Waals surface area contributed by atoms with E-state index in [9.17, 15) is 4.79 Å². The van der Waals surface area contributed by atoms with Gasteiger partial charge in [0, 0.05) is 25.0 Å². The first kappa shape index (κ1) is 16.8. The first-order chi connectivity index (χ1) is 11.7. The van der Waals surface area contributed by atoms with E-state index in [1.54, 1.807) is 17.2 Å². The summed E-state index contributed by atoms with van der Waals surface area (Å²) in [4.78, 5) is 19.3. The van der Waals surface area contributed by atoms with E-state index >= 15 is 0 Å². The molecule has 0 saturated heterocycles. The molecule has 2 aliphatic heterocycles. The Kier molecular flexibility index (Phi) is 5.36. The van der Waals surface area contributed by atoms with Crippen LogP contribution in [0.5, 0.6) is 0 Å². The zero-order valence-electron chi connectivity index (χ0n) is 13.9. The number of amides is 1. The summed E-state index contributed by atoms with van der Waals surface area (Å²) in [5.41, 5.74) is 2.69. The molecule has 0 aliphatic carbocycles. The van der Waals surface area contributed by atoms with Crippen molar-refractivity contribution in [1.29, 1.82) is 0 Å². The van der Waals surface area contributed by atoms with Gasteiger partial charge in [-0.1, -0.05) is 24.6 Å². The molecular weight excluding hydrogens is 322 g/mol. The minimum atomic E-state index is -0.0757. The summed E-state index contributed by atoms with van der Waals surface area (Å²) in [7, 11) is 0. The zero-order chi connectivity index (χ0) is 16.9. The van der Waals surface area contributed by atoms with Crippen LogP contribution >= 0.6 is 11.6 Å². The molecule has 0 unspecified atom stereocenters. The number of anilines is 1. The molecule has 0 spiro atoms. The zero-order valence-corrected chi connectivity index (χ0v) is 14.6. The van der Waals surface area contributed by atoms with Gasteiger partial charge in [0.2, 0.25) is 0 Å². The van der Waals surface area contributed by atoms with Gasteiger partial charge in [0.05, 0.1) is 10.6 Å². The minimum Gasteiger partial charge on any atom is -0.385 e. The second-order valence-corrected chi connectivity index (χ2v) is 6.43. The van der Waals surface area contributed by atoms with Crippen molar-refractivity contribution in [3.63, 3.8) is 0 Å². The van der Waals surface area contributed by atoms with Crippen LogP contribution in [0.1, 0.15) is 43.0 Å². The Morgan fingerprint density at radius 1 is 1.42 bits per heavy atom. The molecule has 0 saturated carbocycles. The lowest BCUT2D eigenvalue weighted by molar-refractivity contribution is 0.0792. The number of allylic oxidation sites excluding steroid dienone is 3. The SMILES string of the molecule is CCCNc1ccc(C(=O)N2CCCC3=C2N=CC=CC3)c(Cl)c1. The van der Waals surface area contributed by atoms with Crippen molar-refractivity contribution in [2.45, 2.75) is 32.6 Å². The van der Waals surface area contributed by atoms with Crippen LogP contribution in [0, 0.1) is 0 Å². The highest BCUT2D eigenvalue weighted by atomic mass is 35.5. The van der Waals surface area contributed by atoms with Gasteiger partial charge in [0.1, 0.15) is 5.82 Å². The molecule has 126 valence electrons. The highest BCUT2D eigenvalue weighted by Crippen LogP contribution is 2.30. The van der Waals surface area contributed by atoms with Crippen LogP contribution in [0.3, 0.4) is 0 Å². The number of carbonyl (C=O) groups is 1. The van der Waals surface area contributed by atoms with Gasteiger partial charge in [-0.15, -0.1) is 0 Å². The Bertz CT molecular complexity index is 721. The maximum absolute atomic E-state index is 13.0. The van der Waals surface area contributed by atoms with E-state index in [1.807, 2.05) is 18.2 Å². The number of carbonyl (C=O) groups excluding carboxylic acids is 1. The van der Waals surface area contributed by atoms with Gasteiger partial charge in [0.25, 0.3) is 5.91 Å². The van der Waals surface area contributed by atoms with Crippen LogP contribution in [-0.2, 0) is 0 Å². The first-order valence-electron chi connectivity index (χ1n) is 8.47.